The summed E-state index contributed by atoms with van der Waals surface area (Å²) in [5.74, 6) is -4.38. The van der Waals surface area contributed by atoms with Gasteiger partial charge in [-0.1, -0.05) is 15.9 Å². The van der Waals surface area contributed by atoms with Gasteiger partial charge in [0.2, 0.25) is 5.91 Å². The first-order chi connectivity index (χ1) is 7.50. The van der Waals surface area contributed by atoms with Crippen LogP contribution in [0.15, 0.2) is 12.1 Å². The van der Waals surface area contributed by atoms with E-state index in [9.17, 15) is 18.0 Å². The van der Waals surface area contributed by atoms with E-state index in [4.69, 9.17) is 0 Å². The molecule has 1 heterocycles. The second-order valence-corrected chi connectivity index (χ2v) is 4.57. The van der Waals surface area contributed by atoms with E-state index in [-0.39, 0.29) is 16.4 Å². The van der Waals surface area contributed by atoms with Gasteiger partial charge in [0.15, 0.2) is 17.5 Å². The first kappa shape index (κ1) is 11.4. The van der Waals surface area contributed by atoms with Crippen LogP contribution < -0.4 is 4.90 Å². The van der Waals surface area contributed by atoms with Crippen molar-refractivity contribution in [2.75, 3.05) is 11.4 Å². The molecule has 1 amide bonds. The summed E-state index contributed by atoms with van der Waals surface area (Å²) in [5.41, 5.74) is 0.0448. The molecule has 86 valence electrons. The number of benzene rings is 1. The van der Waals surface area contributed by atoms with Crippen LogP contribution in [0.2, 0.25) is 0 Å². The van der Waals surface area contributed by atoms with Gasteiger partial charge in [0.1, 0.15) is 0 Å². The molecular formula is C10H7BrF3NO. The number of amides is 1. The summed E-state index contributed by atoms with van der Waals surface area (Å²) in [7, 11) is 0. The molecule has 0 saturated carbocycles. The first-order valence-electron chi connectivity index (χ1n) is 4.60. The molecule has 2 nitrogen and oxygen atoms in total. The highest BCUT2D eigenvalue weighted by Crippen LogP contribution is 2.27. The van der Waals surface area contributed by atoms with Gasteiger partial charge in [-0.25, -0.2) is 13.2 Å². The second kappa shape index (κ2) is 4.08. The predicted octanol–water partition coefficient (Wildman–Crippen LogP) is 2.60. The number of hydrogen-bond donors (Lipinski definition) is 0. The molecule has 0 radical (unpaired) electrons. The van der Waals surface area contributed by atoms with Gasteiger partial charge < -0.3 is 4.90 Å². The Kier molecular flexibility index (Phi) is 2.92. The van der Waals surface area contributed by atoms with Crippen molar-refractivity contribution in [2.45, 2.75) is 11.2 Å². The van der Waals surface area contributed by atoms with Crippen molar-refractivity contribution in [3.63, 3.8) is 0 Å². The molecule has 1 aromatic rings. The van der Waals surface area contributed by atoms with Crippen molar-refractivity contribution in [1.29, 1.82) is 0 Å². The third kappa shape index (κ3) is 1.81. The van der Waals surface area contributed by atoms with Crippen LogP contribution in [0.5, 0.6) is 0 Å². The quantitative estimate of drug-likeness (QED) is 0.576. The van der Waals surface area contributed by atoms with Crippen LogP contribution >= 0.6 is 15.9 Å². The van der Waals surface area contributed by atoms with Crippen LogP contribution in [0, 0.1) is 17.5 Å². The second-order valence-electron chi connectivity index (χ2n) is 3.47. The maximum atomic E-state index is 13.0. The van der Waals surface area contributed by atoms with E-state index in [1.807, 2.05) is 0 Å². The van der Waals surface area contributed by atoms with Gasteiger partial charge in [-0.3, -0.25) is 4.79 Å². The minimum atomic E-state index is -1.52. The average Bonchev–Trinajstić information content (AvgIpc) is 2.56. The average molecular weight is 294 g/mol. The molecule has 6 heteroatoms. The normalized spacial score (nSPS) is 20.6. The molecule has 1 aliphatic heterocycles. The number of hydrogen-bond acceptors (Lipinski definition) is 1. The monoisotopic (exact) mass is 293 g/mol. The fourth-order valence-electron chi connectivity index (χ4n) is 1.60. The van der Waals surface area contributed by atoms with E-state index in [1.165, 1.54) is 4.90 Å². The molecule has 0 N–H and O–H groups in total. The van der Waals surface area contributed by atoms with Crippen molar-refractivity contribution in [3.8, 4) is 0 Å². The molecule has 1 fully saturated rings. The fraction of sp³-hybridized carbons (Fsp3) is 0.300. The zero-order valence-corrected chi connectivity index (χ0v) is 9.60. The largest absolute Gasteiger partial charge is 0.311 e. The Labute approximate surface area is 98.2 Å². The highest BCUT2D eigenvalue weighted by Gasteiger charge is 2.31. The number of carbonyl (C=O) groups is 1. The Bertz CT molecular complexity index is 429. The van der Waals surface area contributed by atoms with Crippen molar-refractivity contribution in [3.05, 3.63) is 29.6 Å². The molecular weight excluding hydrogens is 287 g/mol. The van der Waals surface area contributed by atoms with Gasteiger partial charge >= 0.3 is 0 Å². The molecule has 16 heavy (non-hydrogen) atoms. The van der Waals surface area contributed by atoms with Gasteiger partial charge in [0, 0.05) is 24.4 Å². The van der Waals surface area contributed by atoms with E-state index in [2.05, 4.69) is 15.9 Å². The maximum absolute atomic E-state index is 13.0. The molecule has 1 atom stereocenters. The van der Waals surface area contributed by atoms with Crippen LogP contribution in [0.4, 0.5) is 18.9 Å². The lowest BCUT2D eigenvalue weighted by molar-refractivity contribution is -0.116. The fourth-order valence-corrected chi connectivity index (χ4v) is 2.05. The summed E-state index contributed by atoms with van der Waals surface area (Å²) in [6, 6.07) is 1.64. The third-order valence-electron chi connectivity index (χ3n) is 2.42. The zero-order valence-electron chi connectivity index (χ0n) is 8.01. The predicted molar refractivity (Wildman–Crippen MR) is 56.0 cm³/mol. The van der Waals surface area contributed by atoms with Crippen LogP contribution in [-0.4, -0.2) is 17.3 Å². The van der Waals surface area contributed by atoms with Gasteiger partial charge in [-0.05, 0) is 6.42 Å². The summed E-state index contributed by atoms with van der Waals surface area (Å²) in [6.07, 6.45) is 0.555. The highest BCUT2D eigenvalue weighted by molar-refractivity contribution is 9.10. The maximum Gasteiger partial charge on any atom is 0.240 e. The topological polar surface area (TPSA) is 20.3 Å². The molecule has 1 aliphatic rings. The summed E-state index contributed by atoms with van der Waals surface area (Å²) < 4.78 is 38.6. The number of halogens is 4. The molecule has 1 aromatic carbocycles. The van der Waals surface area contributed by atoms with Crippen molar-refractivity contribution in [2.24, 2.45) is 0 Å². The van der Waals surface area contributed by atoms with Crippen molar-refractivity contribution < 1.29 is 18.0 Å². The minimum Gasteiger partial charge on any atom is -0.311 e. The number of anilines is 1. The molecule has 0 bridgehead atoms. The van der Waals surface area contributed by atoms with Gasteiger partial charge in [-0.2, -0.15) is 0 Å². The molecule has 0 aromatic heterocycles. The first-order valence-corrected chi connectivity index (χ1v) is 5.52. The number of carbonyl (C=O) groups excluding carboxylic acids is 1. The van der Waals surface area contributed by atoms with E-state index in [0.29, 0.717) is 13.0 Å². The molecule has 1 unspecified atom stereocenters. The summed E-state index contributed by atoms with van der Waals surface area (Å²) in [4.78, 5) is 12.4. The smallest absolute Gasteiger partial charge is 0.240 e. The minimum absolute atomic E-state index is 0.0448. The van der Waals surface area contributed by atoms with Crippen LogP contribution in [-0.2, 0) is 4.79 Å². The lowest BCUT2D eigenvalue weighted by Crippen LogP contribution is -2.27. The summed E-state index contributed by atoms with van der Waals surface area (Å²) in [5, 5.41) is 0. The van der Waals surface area contributed by atoms with Crippen molar-refractivity contribution in [1.82, 2.24) is 0 Å². The van der Waals surface area contributed by atoms with E-state index in [0.717, 1.165) is 12.1 Å². The van der Waals surface area contributed by atoms with E-state index in [1.54, 1.807) is 0 Å². The summed E-state index contributed by atoms with van der Waals surface area (Å²) >= 11 is 3.14. The van der Waals surface area contributed by atoms with Crippen LogP contribution in [0.3, 0.4) is 0 Å². The molecule has 1 saturated heterocycles. The Balaban J connectivity index is 2.39. The summed E-state index contributed by atoms with van der Waals surface area (Å²) in [6.45, 7) is 0.360. The molecule has 2 rings (SSSR count). The Morgan fingerprint density at radius 3 is 2.25 bits per heavy atom. The number of rotatable bonds is 1. The number of alkyl halides is 1. The van der Waals surface area contributed by atoms with E-state index < -0.39 is 17.5 Å². The Morgan fingerprint density at radius 1 is 1.25 bits per heavy atom. The zero-order chi connectivity index (χ0) is 11.9. The van der Waals surface area contributed by atoms with Crippen molar-refractivity contribution >= 4 is 27.5 Å². The van der Waals surface area contributed by atoms with Gasteiger partial charge in [0.05, 0.1) is 4.83 Å². The lowest BCUT2D eigenvalue weighted by atomic mass is 10.2. The SMILES string of the molecule is O=C1C(Br)CCN1c1cc(F)c(F)c(F)c1. The third-order valence-corrected chi connectivity index (χ3v) is 3.27. The van der Waals surface area contributed by atoms with Crippen LogP contribution in [0.1, 0.15) is 6.42 Å². The Hall–Kier alpha value is -1.04. The number of nitrogens with zero attached hydrogens (tertiary/aromatic N) is 1. The standard InChI is InChI=1S/C10H7BrF3NO/c11-6-1-2-15(10(6)16)5-3-7(12)9(14)8(13)4-5/h3-4,6H,1-2H2. The highest BCUT2D eigenvalue weighted by atomic mass is 79.9. The Morgan fingerprint density at radius 2 is 1.81 bits per heavy atom. The van der Waals surface area contributed by atoms with Gasteiger partial charge in [0.25, 0.3) is 0 Å². The van der Waals surface area contributed by atoms with Crippen LogP contribution in [0.25, 0.3) is 0 Å². The van der Waals surface area contributed by atoms with Gasteiger partial charge in [-0.15, -0.1) is 0 Å². The van der Waals surface area contributed by atoms with E-state index >= 15 is 0 Å². The lowest BCUT2D eigenvalue weighted by Gasteiger charge is -2.16. The molecule has 0 aliphatic carbocycles. The molecule has 0 spiro atoms.